The monoisotopic (exact) mass is 159 g/mol. The second-order valence-corrected chi connectivity index (χ2v) is 3.62. The number of fused-ring (bicyclic) bond motifs is 1. The summed E-state index contributed by atoms with van der Waals surface area (Å²) in [6.07, 6.45) is 2.16. The van der Waals surface area contributed by atoms with Crippen LogP contribution in [0, 0.1) is 0 Å². The van der Waals surface area contributed by atoms with Gasteiger partial charge in [0.2, 0.25) is 0 Å². The van der Waals surface area contributed by atoms with Crippen LogP contribution in [-0.2, 0) is 5.54 Å². The van der Waals surface area contributed by atoms with Crippen LogP contribution in [0.5, 0.6) is 0 Å². The van der Waals surface area contributed by atoms with Gasteiger partial charge in [0.1, 0.15) is 0 Å². The van der Waals surface area contributed by atoms with Crippen molar-refractivity contribution in [3.8, 4) is 0 Å². The lowest BCUT2D eigenvalue weighted by Gasteiger charge is -2.21. The summed E-state index contributed by atoms with van der Waals surface area (Å²) >= 11 is 0. The molecule has 1 aromatic rings. The van der Waals surface area contributed by atoms with Crippen LogP contribution < -0.4 is 5.73 Å². The van der Waals surface area contributed by atoms with Gasteiger partial charge in [-0.3, -0.25) is 0 Å². The Morgan fingerprint density at radius 1 is 1.25 bits per heavy atom. The van der Waals surface area contributed by atoms with Gasteiger partial charge in [0, 0.05) is 0 Å². The molecule has 2 rings (SSSR count). The Hall–Kier alpha value is -1.08. The molecule has 0 saturated carbocycles. The third-order valence-electron chi connectivity index (χ3n) is 2.71. The molecule has 0 amide bonds. The molecule has 1 aliphatic carbocycles. The van der Waals surface area contributed by atoms with Gasteiger partial charge in [-0.15, -0.1) is 0 Å². The summed E-state index contributed by atoms with van der Waals surface area (Å²) < 4.78 is 0. The van der Waals surface area contributed by atoms with Crippen molar-refractivity contribution in [1.82, 2.24) is 0 Å². The lowest BCUT2D eigenvalue weighted by Crippen LogP contribution is -2.31. The molecule has 0 aliphatic heterocycles. The summed E-state index contributed by atoms with van der Waals surface area (Å²) in [5.41, 5.74) is 9.65. The predicted octanol–water partition coefficient (Wildman–Crippen LogP) is 2.28. The fourth-order valence-electron chi connectivity index (χ4n) is 1.69. The summed E-state index contributed by atoms with van der Waals surface area (Å²) in [4.78, 5) is 0. The molecule has 1 aromatic carbocycles. The molecule has 1 heteroatoms. The van der Waals surface area contributed by atoms with E-state index in [-0.39, 0.29) is 5.54 Å². The SMILES string of the molecule is CC1=Cc2ccccc2C1(C)N. The molecular formula is C11H13N. The first-order valence-corrected chi connectivity index (χ1v) is 4.19. The van der Waals surface area contributed by atoms with Crippen molar-refractivity contribution in [2.45, 2.75) is 19.4 Å². The van der Waals surface area contributed by atoms with Crippen molar-refractivity contribution < 1.29 is 0 Å². The molecule has 0 radical (unpaired) electrons. The Balaban J connectivity index is 2.66. The Morgan fingerprint density at radius 2 is 1.92 bits per heavy atom. The minimum absolute atomic E-state index is 0.253. The summed E-state index contributed by atoms with van der Waals surface area (Å²) in [6.45, 7) is 4.14. The first-order chi connectivity index (χ1) is 5.62. The van der Waals surface area contributed by atoms with Gasteiger partial charge in [-0.05, 0) is 30.5 Å². The average Bonchev–Trinajstić information content (AvgIpc) is 2.25. The Morgan fingerprint density at radius 3 is 2.58 bits per heavy atom. The van der Waals surface area contributed by atoms with Gasteiger partial charge < -0.3 is 5.73 Å². The smallest absolute Gasteiger partial charge is 0.0602 e. The Labute approximate surface area is 72.9 Å². The fourth-order valence-corrected chi connectivity index (χ4v) is 1.69. The summed E-state index contributed by atoms with van der Waals surface area (Å²) in [5, 5.41) is 0. The van der Waals surface area contributed by atoms with E-state index in [4.69, 9.17) is 5.73 Å². The molecule has 0 aromatic heterocycles. The van der Waals surface area contributed by atoms with Crippen LogP contribution in [0.2, 0.25) is 0 Å². The van der Waals surface area contributed by atoms with Crippen molar-refractivity contribution in [2.24, 2.45) is 5.73 Å². The van der Waals surface area contributed by atoms with Gasteiger partial charge >= 0.3 is 0 Å². The summed E-state index contributed by atoms with van der Waals surface area (Å²) in [5.74, 6) is 0. The maximum atomic E-state index is 6.16. The molecule has 62 valence electrons. The Bertz CT molecular complexity index is 348. The van der Waals surface area contributed by atoms with Crippen LogP contribution in [-0.4, -0.2) is 0 Å². The Kier molecular flexibility index (Phi) is 1.39. The van der Waals surface area contributed by atoms with E-state index in [1.54, 1.807) is 0 Å². The van der Waals surface area contributed by atoms with E-state index in [1.165, 1.54) is 16.7 Å². The molecule has 2 N–H and O–H groups in total. The van der Waals surface area contributed by atoms with Crippen molar-refractivity contribution in [3.05, 3.63) is 41.0 Å². The van der Waals surface area contributed by atoms with E-state index in [1.807, 2.05) is 12.1 Å². The molecule has 1 nitrogen and oxygen atoms in total. The first-order valence-electron chi connectivity index (χ1n) is 4.19. The third-order valence-corrected chi connectivity index (χ3v) is 2.71. The molecule has 1 aliphatic rings. The molecule has 0 fully saturated rings. The van der Waals surface area contributed by atoms with E-state index in [0.29, 0.717) is 0 Å². The van der Waals surface area contributed by atoms with Gasteiger partial charge in [0.25, 0.3) is 0 Å². The zero-order valence-electron chi connectivity index (χ0n) is 7.46. The molecule has 0 heterocycles. The second-order valence-electron chi connectivity index (χ2n) is 3.62. The minimum Gasteiger partial charge on any atom is -0.318 e. The maximum Gasteiger partial charge on any atom is 0.0602 e. The van der Waals surface area contributed by atoms with Crippen LogP contribution in [0.15, 0.2) is 29.8 Å². The largest absolute Gasteiger partial charge is 0.318 e. The second kappa shape index (κ2) is 2.20. The lowest BCUT2D eigenvalue weighted by molar-refractivity contribution is 0.602. The third kappa shape index (κ3) is 0.833. The molecule has 0 spiro atoms. The molecule has 12 heavy (non-hydrogen) atoms. The number of hydrogen-bond donors (Lipinski definition) is 1. The molecular weight excluding hydrogens is 146 g/mol. The number of rotatable bonds is 0. The highest BCUT2D eigenvalue weighted by Gasteiger charge is 2.29. The van der Waals surface area contributed by atoms with Crippen LogP contribution in [0.1, 0.15) is 25.0 Å². The molecule has 0 bridgehead atoms. The highest BCUT2D eigenvalue weighted by atomic mass is 14.7. The maximum absolute atomic E-state index is 6.16. The van der Waals surface area contributed by atoms with Crippen molar-refractivity contribution in [2.75, 3.05) is 0 Å². The van der Waals surface area contributed by atoms with E-state index in [2.05, 4.69) is 32.1 Å². The minimum atomic E-state index is -0.253. The molecule has 1 unspecified atom stereocenters. The van der Waals surface area contributed by atoms with Gasteiger partial charge in [-0.1, -0.05) is 30.3 Å². The van der Waals surface area contributed by atoms with Crippen LogP contribution in [0.4, 0.5) is 0 Å². The van der Waals surface area contributed by atoms with E-state index < -0.39 is 0 Å². The molecule has 1 atom stereocenters. The van der Waals surface area contributed by atoms with E-state index in [0.717, 1.165) is 0 Å². The number of benzene rings is 1. The van der Waals surface area contributed by atoms with Gasteiger partial charge in [0.15, 0.2) is 0 Å². The normalized spacial score (nSPS) is 26.8. The summed E-state index contributed by atoms with van der Waals surface area (Å²) in [6, 6.07) is 8.29. The number of nitrogens with two attached hydrogens (primary N) is 1. The highest BCUT2D eigenvalue weighted by Crippen LogP contribution is 2.36. The van der Waals surface area contributed by atoms with Crippen LogP contribution >= 0.6 is 0 Å². The van der Waals surface area contributed by atoms with E-state index >= 15 is 0 Å². The summed E-state index contributed by atoms with van der Waals surface area (Å²) in [7, 11) is 0. The number of hydrogen-bond acceptors (Lipinski definition) is 1. The van der Waals surface area contributed by atoms with Crippen LogP contribution in [0.3, 0.4) is 0 Å². The predicted molar refractivity (Wildman–Crippen MR) is 51.6 cm³/mol. The van der Waals surface area contributed by atoms with Crippen molar-refractivity contribution >= 4 is 6.08 Å². The van der Waals surface area contributed by atoms with E-state index in [9.17, 15) is 0 Å². The quantitative estimate of drug-likeness (QED) is 0.617. The highest BCUT2D eigenvalue weighted by molar-refractivity contribution is 5.67. The zero-order chi connectivity index (χ0) is 8.77. The lowest BCUT2D eigenvalue weighted by atomic mass is 9.91. The van der Waals surface area contributed by atoms with Gasteiger partial charge in [-0.2, -0.15) is 0 Å². The fraction of sp³-hybridized carbons (Fsp3) is 0.273. The van der Waals surface area contributed by atoms with Gasteiger partial charge in [-0.25, -0.2) is 0 Å². The first kappa shape index (κ1) is 7.56. The van der Waals surface area contributed by atoms with Gasteiger partial charge in [0.05, 0.1) is 5.54 Å². The van der Waals surface area contributed by atoms with Crippen molar-refractivity contribution in [1.29, 1.82) is 0 Å². The van der Waals surface area contributed by atoms with Crippen molar-refractivity contribution in [3.63, 3.8) is 0 Å². The average molecular weight is 159 g/mol. The molecule has 0 saturated heterocycles. The zero-order valence-corrected chi connectivity index (χ0v) is 7.46. The topological polar surface area (TPSA) is 26.0 Å². The van der Waals surface area contributed by atoms with Crippen LogP contribution in [0.25, 0.3) is 6.08 Å². The standard InChI is InChI=1S/C11H13N/c1-8-7-9-5-3-4-6-10(9)11(8,2)12/h3-7H,12H2,1-2H3.